The third-order valence-electron chi connectivity index (χ3n) is 6.37. The number of carbonyl (C=O) groups is 1. The van der Waals surface area contributed by atoms with Crippen LogP contribution in [0.4, 0.5) is 16.3 Å². The van der Waals surface area contributed by atoms with E-state index in [0.29, 0.717) is 36.2 Å². The predicted molar refractivity (Wildman–Crippen MR) is 131 cm³/mol. The average Bonchev–Trinajstić information content (AvgIpc) is 3.37. The summed E-state index contributed by atoms with van der Waals surface area (Å²) in [7, 11) is 0. The Morgan fingerprint density at radius 3 is 2.83 bits per heavy atom. The highest BCUT2D eigenvalue weighted by Gasteiger charge is 2.22. The number of nitrogens with one attached hydrogen (secondary N) is 3. The molecule has 1 aliphatic carbocycles. The smallest absolute Gasteiger partial charge is 0.229 e. The number of fused-ring (bicyclic) bond motifs is 1. The van der Waals surface area contributed by atoms with Crippen LogP contribution in [-0.4, -0.2) is 49.3 Å². The number of carbonyl (C=O) groups excluding carboxylic acids is 1. The summed E-state index contributed by atoms with van der Waals surface area (Å²) in [6.45, 7) is 4.43. The zero-order chi connectivity index (χ0) is 24.4. The molecule has 5 rings (SSSR count). The van der Waals surface area contributed by atoms with Crippen LogP contribution in [0.2, 0.25) is 0 Å². The Bertz CT molecular complexity index is 1290. The molecular weight excluding hydrogens is 449 g/mol. The Hall–Kier alpha value is -3.79. The summed E-state index contributed by atoms with van der Waals surface area (Å²) >= 11 is 0. The molecule has 1 saturated heterocycles. The number of rotatable bonds is 7. The van der Waals surface area contributed by atoms with Crippen molar-refractivity contribution >= 4 is 29.5 Å². The molecule has 182 valence electrons. The molecule has 3 heterocycles. The fourth-order valence-electron chi connectivity index (χ4n) is 4.49. The zero-order valence-electron chi connectivity index (χ0n) is 19.3. The normalized spacial score (nSPS) is 21.5. The SMILES string of the molecule is C=C1NC(=O)C/C1=C\c1cnn2c(NCCc3cccc(F)c3)nc(NC3CCC(O)CC3)nc12. The molecule has 0 atom stereocenters. The molecule has 2 fully saturated rings. The van der Waals surface area contributed by atoms with Crippen molar-refractivity contribution < 1.29 is 14.3 Å². The van der Waals surface area contributed by atoms with Crippen molar-refractivity contribution in [3.63, 3.8) is 0 Å². The van der Waals surface area contributed by atoms with Gasteiger partial charge in [-0.25, -0.2) is 4.39 Å². The maximum absolute atomic E-state index is 13.5. The maximum atomic E-state index is 13.5. The number of amides is 1. The number of allylic oxidation sites excluding steroid dienone is 1. The van der Waals surface area contributed by atoms with Gasteiger partial charge in [-0.2, -0.15) is 19.6 Å². The van der Waals surface area contributed by atoms with E-state index in [9.17, 15) is 14.3 Å². The Labute approximate surface area is 202 Å². The van der Waals surface area contributed by atoms with Crippen molar-refractivity contribution in [1.82, 2.24) is 24.9 Å². The quantitative estimate of drug-likeness (QED) is 0.413. The molecule has 1 saturated carbocycles. The average molecular weight is 478 g/mol. The number of halogens is 1. The largest absolute Gasteiger partial charge is 0.393 e. The van der Waals surface area contributed by atoms with Gasteiger partial charge in [-0.15, -0.1) is 0 Å². The maximum Gasteiger partial charge on any atom is 0.229 e. The number of nitrogens with zero attached hydrogens (tertiary/aromatic N) is 4. The molecule has 0 spiro atoms. The standard InChI is InChI=1S/C25H28FN7O2/c1-15-17(13-22(35)29-15)12-18-14-28-33-23(18)31-24(30-20-5-7-21(34)8-6-20)32-25(33)27-10-9-16-3-2-4-19(26)11-16/h2-4,11-12,14,20-21,34H,1,5-10,13H2,(H,29,35)(H2,27,30,31,32)/b17-12+. The van der Waals surface area contributed by atoms with E-state index in [1.54, 1.807) is 16.8 Å². The first-order valence-corrected chi connectivity index (χ1v) is 11.8. The fourth-order valence-corrected chi connectivity index (χ4v) is 4.49. The first kappa shape index (κ1) is 23.0. The minimum Gasteiger partial charge on any atom is -0.393 e. The minimum atomic E-state index is -0.262. The summed E-state index contributed by atoms with van der Waals surface area (Å²) in [5.74, 6) is 0.622. The van der Waals surface area contributed by atoms with Crippen molar-refractivity contribution in [2.45, 2.75) is 50.7 Å². The molecule has 0 radical (unpaired) electrons. The van der Waals surface area contributed by atoms with Gasteiger partial charge in [0.1, 0.15) is 5.82 Å². The highest BCUT2D eigenvalue weighted by molar-refractivity contribution is 5.89. The number of aliphatic hydroxyl groups excluding tert-OH is 1. The van der Waals surface area contributed by atoms with Crippen LogP contribution in [0.25, 0.3) is 11.7 Å². The third kappa shape index (κ3) is 5.32. The van der Waals surface area contributed by atoms with Crippen molar-refractivity contribution in [2.24, 2.45) is 0 Å². The number of benzene rings is 1. The number of aliphatic hydroxyl groups is 1. The fraction of sp³-hybridized carbons (Fsp3) is 0.360. The molecule has 9 nitrogen and oxygen atoms in total. The van der Waals surface area contributed by atoms with E-state index >= 15 is 0 Å². The van der Waals surface area contributed by atoms with Gasteiger partial charge in [-0.05, 0) is 61.4 Å². The highest BCUT2D eigenvalue weighted by Crippen LogP contribution is 2.25. The molecule has 2 aliphatic rings. The zero-order valence-corrected chi connectivity index (χ0v) is 19.3. The molecule has 1 aromatic carbocycles. The highest BCUT2D eigenvalue weighted by atomic mass is 19.1. The first-order valence-electron chi connectivity index (χ1n) is 11.8. The van der Waals surface area contributed by atoms with Crippen LogP contribution >= 0.6 is 0 Å². The van der Waals surface area contributed by atoms with Crippen molar-refractivity contribution in [2.75, 3.05) is 17.2 Å². The lowest BCUT2D eigenvalue weighted by Crippen LogP contribution is -2.29. The summed E-state index contributed by atoms with van der Waals surface area (Å²) in [5, 5.41) is 23.7. The summed E-state index contributed by atoms with van der Waals surface area (Å²) < 4.78 is 15.2. The van der Waals surface area contributed by atoms with Gasteiger partial charge in [0, 0.05) is 23.8 Å². The van der Waals surface area contributed by atoms with E-state index in [2.05, 4.69) is 32.6 Å². The van der Waals surface area contributed by atoms with Gasteiger partial charge in [-0.1, -0.05) is 18.7 Å². The van der Waals surface area contributed by atoms with Crippen LogP contribution in [-0.2, 0) is 11.2 Å². The van der Waals surface area contributed by atoms with Gasteiger partial charge in [-0.3, -0.25) is 4.79 Å². The van der Waals surface area contributed by atoms with Crippen molar-refractivity contribution in [1.29, 1.82) is 0 Å². The molecule has 1 aliphatic heterocycles. The van der Waals surface area contributed by atoms with E-state index in [1.807, 2.05) is 12.1 Å². The van der Waals surface area contributed by atoms with Crippen LogP contribution in [0, 0.1) is 5.82 Å². The molecule has 35 heavy (non-hydrogen) atoms. The van der Waals surface area contributed by atoms with E-state index in [4.69, 9.17) is 4.98 Å². The number of aromatic nitrogens is 4. The molecule has 10 heteroatoms. The molecule has 1 amide bonds. The molecule has 4 N–H and O–H groups in total. The van der Waals surface area contributed by atoms with Gasteiger partial charge in [0.25, 0.3) is 0 Å². The minimum absolute atomic E-state index is 0.0890. The Morgan fingerprint density at radius 2 is 2.09 bits per heavy atom. The lowest BCUT2D eigenvalue weighted by Gasteiger charge is -2.26. The van der Waals surface area contributed by atoms with E-state index in [0.717, 1.165) is 42.4 Å². The summed E-state index contributed by atoms with van der Waals surface area (Å²) in [6.07, 6.45) is 7.33. The molecule has 3 aromatic rings. The second-order valence-electron chi connectivity index (χ2n) is 9.04. The van der Waals surface area contributed by atoms with E-state index in [1.165, 1.54) is 12.1 Å². The van der Waals surface area contributed by atoms with Crippen LogP contribution in [0.1, 0.15) is 43.2 Å². The van der Waals surface area contributed by atoms with Crippen molar-refractivity contribution in [3.05, 3.63) is 65.3 Å². The number of anilines is 2. The second kappa shape index (κ2) is 9.83. The molecule has 0 unspecified atom stereocenters. The summed E-state index contributed by atoms with van der Waals surface area (Å²) in [5.41, 5.74) is 3.59. The van der Waals surface area contributed by atoms with Crippen LogP contribution in [0.15, 0.2) is 48.3 Å². The van der Waals surface area contributed by atoms with Crippen LogP contribution in [0.3, 0.4) is 0 Å². The predicted octanol–water partition coefficient (Wildman–Crippen LogP) is 3.05. The topological polar surface area (TPSA) is 116 Å². The van der Waals surface area contributed by atoms with Crippen LogP contribution < -0.4 is 16.0 Å². The molecule has 0 bridgehead atoms. The Morgan fingerprint density at radius 1 is 1.26 bits per heavy atom. The summed E-state index contributed by atoms with van der Waals surface area (Å²) in [4.78, 5) is 21.1. The lowest BCUT2D eigenvalue weighted by molar-refractivity contribution is -0.118. The van der Waals surface area contributed by atoms with Gasteiger partial charge in [0.15, 0.2) is 5.65 Å². The number of hydrogen-bond donors (Lipinski definition) is 4. The van der Waals surface area contributed by atoms with Crippen molar-refractivity contribution in [3.8, 4) is 0 Å². The van der Waals surface area contributed by atoms with Gasteiger partial charge in [0.2, 0.25) is 17.8 Å². The third-order valence-corrected chi connectivity index (χ3v) is 6.37. The van der Waals surface area contributed by atoms with Gasteiger partial charge >= 0.3 is 0 Å². The second-order valence-corrected chi connectivity index (χ2v) is 9.04. The van der Waals surface area contributed by atoms with Gasteiger partial charge < -0.3 is 21.1 Å². The Kier molecular flexibility index (Phi) is 6.45. The Balaban J connectivity index is 1.43. The van der Waals surface area contributed by atoms with Crippen LogP contribution in [0.5, 0.6) is 0 Å². The monoisotopic (exact) mass is 477 g/mol. The first-order chi connectivity index (χ1) is 16.9. The molecular formula is C25H28FN7O2. The number of hydrogen-bond acceptors (Lipinski definition) is 7. The lowest BCUT2D eigenvalue weighted by atomic mass is 9.93. The van der Waals surface area contributed by atoms with Gasteiger partial charge in [0.05, 0.1) is 18.7 Å². The van der Waals surface area contributed by atoms with E-state index in [-0.39, 0.29) is 30.3 Å². The van der Waals surface area contributed by atoms with E-state index < -0.39 is 0 Å². The summed E-state index contributed by atoms with van der Waals surface area (Å²) in [6, 6.07) is 6.69. The molecule has 2 aromatic heterocycles.